The third kappa shape index (κ3) is 5.87. The van der Waals surface area contributed by atoms with Gasteiger partial charge in [-0.15, -0.1) is 0 Å². The lowest BCUT2D eigenvalue weighted by Crippen LogP contribution is -2.32. The first-order chi connectivity index (χ1) is 18.1. The Morgan fingerprint density at radius 1 is 0.892 bits per heavy atom. The molecule has 0 bridgehead atoms. The molecule has 4 aromatic rings. The van der Waals surface area contributed by atoms with Gasteiger partial charge in [0.2, 0.25) is 0 Å². The highest BCUT2D eigenvalue weighted by Gasteiger charge is 2.37. The van der Waals surface area contributed by atoms with Gasteiger partial charge < -0.3 is 14.0 Å². The first kappa shape index (κ1) is 25.8. The van der Waals surface area contributed by atoms with E-state index >= 15 is 0 Å². The van der Waals surface area contributed by atoms with Crippen LogP contribution < -0.4 is 0 Å². The number of carbonyl (C=O) groups excluding carboxylic acids is 1. The average molecular weight is 563 g/mol. The van der Waals surface area contributed by atoms with Gasteiger partial charge in [0.25, 0.3) is 0 Å². The minimum Gasteiger partial charge on any atom is -0.434 e. The van der Waals surface area contributed by atoms with Gasteiger partial charge in [-0.2, -0.15) is 0 Å². The third-order valence-corrected chi connectivity index (χ3v) is 8.28. The Labute approximate surface area is 228 Å². The van der Waals surface area contributed by atoms with Gasteiger partial charge in [-0.25, -0.2) is 4.79 Å². The van der Waals surface area contributed by atoms with E-state index in [4.69, 9.17) is 9.47 Å². The quantitative estimate of drug-likeness (QED) is 0.143. The van der Waals surface area contributed by atoms with E-state index < -0.39 is 6.16 Å². The number of hydrogen-bond acceptors (Lipinski definition) is 3. The van der Waals surface area contributed by atoms with Crippen molar-refractivity contribution in [3.63, 3.8) is 0 Å². The summed E-state index contributed by atoms with van der Waals surface area (Å²) in [6.07, 6.45) is 8.63. The molecule has 1 saturated carbocycles. The van der Waals surface area contributed by atoms with E-state index in [-0.39, 0.29) is 5.60 Å². The fourth-order valence-electron chi connectivity index (χ4n) is 5.77. The monoisotopic (exact) mass is 561 g/mol. The number of hydrogen-bond donors (Lipinski definition) is 0. The Morgan fingerprint density at radius 3 is 2.41 bits per heavy atom. The summed E-state index contributed by atoms with van der Waals surface area (Å²) >= 11 is 3.53. The molecule has 0 N–H and O–H groups in total. The van der Waals surface area contributed by atoms with Crippen molar-refractivity contribution in [1.29, 1.82) is 0 Å². The van der Waals surface area contributed by atoms with E-state index in [9.17, 15) is 4.79 Å². The van der Waals surface area contributed by atoms with Crippen LogP contribution in [0.5, 0.6) is 0 Å². The molecule has 0 aliphatic heterocycles. The highest BCUT2D eigenvalue weighted by atomic mass is 79.9. The molecular formula is C32H36BrNO3. The first-order valence-corrected chi connectivity index (χ1v) is 14.5. The fraction of sp³-hybridized carbons (Fsp3) is 0.406. The topological polar surface area (TPSA) is 40.5 Å². The summed E-state index contributed by atoms with van der Waals surface area (Å²) in [4.78, 5) is 12.4. The maximum atomic E-state index is 12.4. The number of aryl methyl sites for hydroxylation is 1. The number of rotatable bonds is 10. The van der Waals surface area contributed by atoms with Crippen molar-refractivity contribution in [2.45, 2.75) is 76.9 Å². The standard InChI is InChI=1S/C32H36BrNO3/c1-2-3-18-32(19-6-7-20-32)37-31(35)36-22-9-8-21-34-29-11-5-4-10-27(29)28-23-25(14-17-30(28)34)24-12-15-26(33)16-13-24/h4-5,10-17,23H,2-3,6-9,18-22H2,1H3. The van der Waals surface area contributed by atoms with Crippen molar-refractivity contribution in [3.05, 3.63) is 71.2 Å². The number of nitrogens with zero attached hydrogens (tertiary/aromatic N) is 1. The summed E-state index contributed by atoms with van der Waals surface area (Å²) in [6.45, 7) is 3.45. The predicted octanol–water partition coefficient (Wildman–Crippen LogP) is 9.66. The van der Waals surface area contributed by atoms with Gasteiger partial charge in [0.05, 0.1) is 6.61 Å². The van der Waals surface area contributed by atoms with Crippen LogP contribution in [0, 0.1) is 0 Å². The van der Waals surface area contributed by atoms with Gasteiger partial charge in [0.15, 0.2) is 0 Å². The zero-order valence-electron chi connectivity index (χ0n) is 21.7. The largest absolute Gasteiger partial charge is 0.508 e. The number of unbranched alkanes of at least 4 members (excludes halogenated alkanes) is 2. The molecule has 1 aliphatic carbocycles. The zero-order chi connectivity index (χ0) is 25.7. The molecule has 4 nitrogen and oxygen atoms in total. The fourth-order valence-corrected chi connectivity index (χ4v) is 6.04. The van der Waals surface area contributed by atoms with Crippen molar-refractivity contribution >= 4 is 43.9 Å². The molecule has 0 atom stereocenters. The van der Waals surface area contributed by atoms with Crippen LogP contribution in [0.1, 0.15) is 64.7 Å². The van der Waals surface area contributed by atoms with E-state index in [0.717, 1.165) is 68.8 Å². The normalized spacial score (nSPS) is 14.9. The van der Waals surface area contributed by atoms with Crippen molar-refractivity contribution < 1.29 is 14.3 Å². The Balaban J connectivity index is 1.22. The minimum absolute atomic E-state index is 0.287. The van der Waals surface area contributed by atoms with Gasteiger partial charge in [0, 0.05) is 32.8 Å². The highest BCUT2D eigenvalue weighted by Crippen LogP contribution is 2.38. The summed E-state index contributed by atoms with van der Waals surface area (Å²) in [5.74, 6) is 0. The van der Waals surface area contributed by atoms with Crippen LogP contribution in [0.2, 0.25) is 0 Å². The van der Waals surface area contributed by atoms with Gasteiger partial charge in [-0.3, -0.25) is 0 Å². The number of benzene rings is 3. The SMILES string of the molecule is CCCCC1(OC(=O)OCCCCn2c3ccccc3c3cc(-c4ccc(Br)cc4)ccc32)CCCC1. The van der Waals surface area contributed by atoms with Gasteiger partial charge in [0.1, 0.15) is 5.60 Å². The predicted molar refractivity (Wildman–Crippen MR) is 155 cm³/mol. The Hall–Kier alpha value is -2.79. The summed E-state index contributed by atoms with van der Waals surface area (Å²) in [7, 11) is 0. The molecule has 1 heterocycles. The number of ether oxygens (including phenoxy) is 2. The number of aromatic nitrogens is 1. The lowest BCUT2D eigenvalue weighted by molar-refractivity contribution is -0.0380. The third-order valence-electron chi connectivity index (χ3n) is 7.75. The first-order valence-electron chi connectivity index (χ1n) is 13.7. The maximum absolute atomic E-state index is 12.4. The molecule has 0 saturated heterocycles. The minimum atomic E-state index is -0.490. The molecular weight excluding hydrogens is 526 g/mol. The number of fused-ring (bicyclic) bond motifs is 3. The average Bonchev–Trinajstić information content (AvgIpc) is 3.50. The van der Waals surface area contributed by atoms with Crippen molar-refractivity contribution in [1.82, 2.24) is 4.57 Å². The maximum Gasteiger partial charge on any atom is 0.508 e. The second-order valence-corrected chi connectivity index (χ2v) is 11.2. The lowest BCUT2D eigenvalue weighted by atomic mass is 9.95. The van der Waals surface area contributed by atoms with Crippen LogP contribution in [0.3, 0.4) is 0 Å². The number of para-hydroxylation sites is 1. The van der Waals surface area contributed by atoms with Crippen LogP contribution in [-0.4, -0.2) is 22.9 Å². The van der Waals surface area contributed by atoms with Gasteiger partial charge >= 0.3 is 6.16 Å². The van der Waals surface area contributed by atoms with E-state index in [1.807, 2.05) is 0 Å². The van der Waals surface area contributed by atoms with Crippen LogP contribution in [0.15, 0.2) is 71.2 Å². The van der Waals surface area contributed by atoms with E-state index in [1.165, 1.54) is 32.9 Å². The van der Waals surface area contributed by atoms with Crippen LogP contribution >= 0.6 is 15.9 Å². The van der Waals surface area contributed by atoms with E-state index in [0.29, 0.717) is 6.61 Å². The molecule has 1 aromatic heterocycles. The number of carbonyl (C=O) groups is 1. The second-order valence-electron chi connectivity index (χ2n) is 10.3. The summed E-state index contributed by atoms with van der Waals surface area (Å²) < 4.78 is 14.8. The van der Waals surface area contributed by atoms with Gasteiger partial charge in [-0.05, 0) is 92.8 Å². The summed E-state index contributed by atoms with van der Waals surface area (Å²) in [6, 6.07) is 23.8. The molecule has 5 rings (SSSR count). The van der Waals surface area contributed by atoms with Crippen molar-refractivity contribution in [2.75, 3.05) is 6.61 Å². The second kappa shape index (κ2) is 11.7. The van der Waals surface area contributed by atoms with Crippen LogP contribution in [-0.2, 0) is 16.0 Å². The molecule has 194 valence electrons. The van der Waals surface area contributed by atoms with Crippen molar-refractivity contribution in [3.8, 4) is 11.1 Å². The molecule has 0 unspecified atom stereocenters. The molecule has 0 radical (unpaired) electrons. The van der Waals surface area contributed by atoms with Gasteiger partial charge in [-0.1, -0.05) is 65.7 Å². The Kier molecular flexibility index (Phi) is 8.19. The smallest absolute Gasteiger partial charge is 0.434 e. The van der Waals surface area contributed by atoms with Crippen molar-refractivity contribution in [2.24, 2.45) is 0 Å². The molecule has 1 aliphatic rings. The molecule has 37 heavy (non-hydrogen) atoms. The van der Waals surface area contributed by atoms with Crippen LogP contribution in [0.4, 0.5) is 4.79 Å². The number of halogens is 1. The summed E-state index contributed by atoms with van der Waals surface area (Å²) in [5.41, 5.74) is 4.62. The highest BCUT2D eigenvalue weighted by molar-refractivity contribution is 9.10. The Bertz CT molecular complexity index is 1350. The molecule has 0 amide bonds. The lowest BCUT2D eigenvalue weighted by Gasteiger charge is -2.28. The molecule has 0 spiro atoms. The summed E-state index contributed by atoms with van der Waals surface area (Å²) in [5, 5.41) is 2.54. The Morgan fingerprint density at radius 2 is 1.62 bits per heavy atom. The van der Waals surface area contributed by atoms with E-state index in [2.05, 4.69) is 94.2 Å². The van der Waals surface area contributed by atoms with Crippen LogP contribution in [0.25, 0.3) is 32.9 Å². The molecule has 3 aromatic carbocycles. The zero-order valence-corrected chi connectivity index (χ0v) is 23.3. The van der Waals surface area contributed by atoms with E-state index in [1.54, 1.807) is 0 Å². The molecule has 5 heteroatoms. The molecule has 1 fully saturated rings.